The predicted molar refractivity (Wildman–Crippen MR) is 58.1 cm³/mol. The predicted octanol–water partition coefficient (Wildman–Crippen LogP) is 1.78. The van der Waals surface area contributed by atoms with Crippen molar-refractivity contribution in [1.29, 1.82) is 0 Å². The fourth-order valence-electron chi connectivity index (χ4n) is 2.54. The molecule has 0 spiro atoms. The third kappa shape index (κ3) is 2.47. The summed E-state index contributed by atoms with van der Waals surface area (Å²) < 4.78 is 12.9. The van der Waals surface area contributed by atoms with Gasteiger partial charge in [-0.1, -0.05) is 11.6 Å². The Hall–Kier alpha value is -0.670. The Bertz CT molecular complexity index is 285. The zero-order valence-electron chi connectivity index (χ0n) is 8.88. The first-order valence-corrected chi connectivity index (χ1v) is 5.68. The van der Waals surface area contributed by atoms with Crippen LogP contribution in [0.1, 0.15) is 19.3 Å². The lowest BCUT2D eigenvalue weighted by Gasteiger charge is -2.33. The van der Waals surface area contributed by atoms with Crippen LogP contribution in [0.2, 0.25) is 0 Å². The largest absolute Gasteiger partial charge is 0.396 e. The highest BCUT2D eigenvalue weighted by Crippen LogP contribution is 2.32. The van der Waals surface area contributed by atoms with Crippen LogP contribution < -0.4 is 5.32 Å². The molecule has 84 valence electrons. The number of nitrogens with one attached hydrogen (secondary N) is 1. The van der Waals surface area contributed by atoms with Crippen LogP contribution in [0.3, 0.4) is 0 Å². The minimum atomic E-state index is -0.0202. The molecule has 0 amide bonds. The second-order valence-electron chi connectivity index (χ2n) is 4.40. The molecule has 2 nitrogen and oxygen atoms in total. The van der Waals surface area contributed by atoms with E-state index >= 15 is 0 Å². The summed E-state index contributed by atoms with van der Waals surface area (Å²) >= 11 is 0. The van der Waals surface area contributed by atoms with Crippen molar-refractivity contribution in [2.24, 2.45) is 11.8 Å². The van der Waals surface area contributed by atoms with Crippen LogP contribution in [0.5, 0.6) is 0 Å². The molecule has 1 heterocycles. The fraction of sp³-hybridized carbons (Fsp3) is 0.667. The summed E-state index contributed by atoms with van der Waals surface area (Å²) in [5.74, 6) is 0.730. The summed E-state index contributed by atoms with van der Waals surface area (Å²) in [6.07, 6.45) is 5.91. The Morgan fingerprint density at radius 1 is 1.40 bits per heavy atom. The molecule has 2 atom stereocenters. The van der Waals surface area contributed by atoms with Gasteiger partial charge in [-0.05, 0) is 31.4 Å². The van der Waals surface area contributed by atoms with E-state index in [-0.39, 0.29) is 12.4 Å². The van der Waals surface area contributed by atoms with E-state index in [2.05, 4.69) is 5.32 Å². The Kier molecular flexibility index (Phi) is 3.54. The molecule has 3 heteroatoms. The molecule has 2 aliphatic rings. The van der Waals surface area contributed by atoms with Gasteiger partial charge in [0.1, 0.15) is 5.83 Å². The number of hydrogen-bond donors (Lipinski definition) is 2. The first-order valence-electron chi connectivity index (χ1n) is 5.68. The van der Waals surface area contributed by atoms with Crippen molar-refractivity contribution in [3.8, 4) is 0 Å². The smallest absolute Gasteiger partial charge is 0.100 e. The van der Waals surface area contributed by atoms with Crippen molar-refractivity contribution in [1.82, 2.24) is 5.32 Å². The maximum Gasteiger partial charge on any atom is 0.100 e. The number of aliphatic hydroxyl groups excluding tert-OH is 1. The summed E-state index contributed by atoms with van der Waals surface area (Å²) in [6.45, 7) is 2.11. The molecule has 0 aromatic heterocycles. The summed E-state index contributed by atoms with van der Waals surface area (Å²) in [4.78, 5) is 0. The van der Waals surface area contributed by atoms with Crippen molar-refractivity contribution in [2.45, 2.75) is 19.3 Å². The molecule has 1 aliphatic carbocycles. The third-order valence-electron chi connectivity index (χ3n) is 3.45. The number of rotatable bonds is 2. The third-order valence-corrected chi connectivity index (χ3v) is 3.45. The molecule has 0 saturated carbocycles. The highest BCUT2D eigenvalue weighted by Gasteiger charge is 2.27. The van der Waals surface area contributed by atoms with Gasteiger partial charge in [0.2, 0.25) is 0 Å². The lowest BCUT2D eigenvalue weighted by molar-refractivity contribution is 0.160. The Morgan fingerprint density at radius 3 is 2.93 bits per heavy atom. The maximum atomic E-state index is 12.9. The molecular weight excluding hydrogens is 193 g/mol. The van der Waals surface area contributed by atoms with Crippen LogP contribution in [-0.4, -0.2) is 24.8 Å². The first kappa shape index (κ1) is 10.8. The van der Waals surface area contributed by atoms with Crippen LogP contribution >= 0.6 is 0 Å². The Balaban J connectivity index is 2.07. The molecule has 0 aromatic carbocycles. The number of aliphatic hydroxyl groups is 1. The summed E-state index contributed by atoms with van der Waals surface area (Å²) in [5.41, 5.74) is 1.32. The fourth-order valence-corrected chi connectivity index (χ4v) is 2.54. The van der Waals surface area contributed by atoms with Crippen molar-refractivity contribution in [3.05, 3.63) is 23.6 Å². The summed E-state index contributed by atoms with van der Waals surface area (Å²) in [6, 6.07) is 0. The first-order chi connectivity index (χ1) is 7.31. The molecule has 0 radical (unpaired) electrons. The van der Waals surface area contributed by atoms with E-state index in [1.54, 1.807) is 6.08 Å². The average molecular weight is 211 g/mol. The SMILES string of the molecule is OC[C@H]1CNCC[C@@H]1C1=CC=C(F)CC1. The van der Waals surface area contributed by atoms with Crippen molar-refractivity contribution < 1.29 is 9.50 Å². The second kappa shape index (κ2) is 4.90. The molecule has 1 saturated heterocycles. The van der Waals surface area contributed by atoms with Crippen molar-refractivity contribution in [3.63, 3.8) is 0 Å². The zero-order valence-corrected chi connectivity index (χ0v) is 8.88. The van der Waals surface area contributed by atoms with Gasteiger partial charge in [-0.15, -0.1) is 0 Å². The number of allylic oxidation sites excluding steroid dienone is 4. The highest BCUT2D eigenvalue weighted by molar-refractivity contribution is 5.23. The molecule has 2 rings (SSSR count). The topological polar surface area (TPSA) is 32.3 Å². The molecule has 15 heavy (non-hydrogen) atoms. The van der Waals surface area contributed by atoms with Gasteiger partial charge in [-0.2, -0.15) is 0 Å². The second-order valence-corrected chi connectivity index (χ2v) is 4.40. The van der Waals surface area contributed by atoms with Gasteiger partial charge in [0.05, 0.1) is 0 Å². The molecule has 0 bridgehead atoms. The molecular formula is C12H18FNO. The van der Waals surface area contributed by atoms with E-state index in [9.17, 15) is 9.50 Å². The number of piperidine rings is 1. The molecule has 1 fully saturated rings. The van der Waals surface area contributed by atoms with Crippen LogP contribution in [0, 0.1) is 11.8 Å². The van der Waals surface area contributed by atoms with E-state index in [0.29, 0.717) is 18.3 Å². The lowest BCUT2D eigenvalue weighted by Crippen LogP contribution is -2.39. The summed E-state index contributed by atoms with van der Waals surface area (Å²) in [5, 5.41) is 12.6. The zero-order chi connectivity index (χ0) is 10.7. The van der Waals surface area contributed by atoms with Gasteiger partial charge in [-0.3, -0.25) is 0 Å². The minimum absolute atomic E-state index is 0.0202. The molecule has 1 aliphatic heterocycles. The van der Waals surface area contributed by atoms with E-state index < -0.39 is 0 Å². The van der Waals surface area contributed by atoms with Gasteiger partial charge in [-0.25, -0.2) is 4.39 Å². The van der Waals surface area contributed by atoms with Crippen LogP contribution in [0.25, 0.3) is 0 Å². The summed E-state index contributed by atoms with van der Waals surface area (Å²) in [7, 11) is 0. The van der Waals surface area contributed by atoms with Gasteiger partial charge in [0, 0.05) is 25.5 Å². The molecule has 0 unspecified atom stereocenters. The van der Waals surface area contributed by atoms with Crippen LogP contribution in [0.15, 0.2) is 23.6 Å². The highest BCUT2D eigenvalue weighted by atomic mass is 19.1. The van der Waals surface area contributed by atoms with E-state index in [0.717, 1.165) is 25.9 Å². The standard InChI is InChI=1S/C12H18FNO/c13-11-3-1-9(2-4-11)12-5-6-14-7-10(12)8-15/h1,3,10,12,14-15H,2,4-8H2/t10-,12-/m1/s1. The van der Waals surface area contributed by atoms with Gasteiger partial charge in [0.25, 0.3) is 0 Å². The van der Waals surface area contributed by atoms with E-state index in [1.165, 1.54) is 5.57 Å². The van der Waals surface area contributed by atoms with E-state index in [1.807, 2.05) is 6.08 Å². The van der Waals surface area contributed by atoms with Gasteiger partial charge in [0.15, 0.2) is 0 Å². The average Bonchev–Trinajstić information content (AvgIpc) is 2.30. The quantitative estimate of drug-likeness (QED) is 0.729. The van der Waals surface area contributed by atoms with Crippen molar-refractivity contribution >= 4 is 0 Å². The number of hydrogen-bond acceptors (Lipinski definition) is 2. The Labute approximate surface area is 89.9 Å². The minimum Gasteiger partial charge on any atom is -0.396 e. The maximum absolute atomic E-state index is 12.9. The van der Waals surface area contributed by atoms with Crippen LogP contribution in [0.4, 0.5) is 4.39 Å². The molecule has 0 aromatic rings. The lowest BCUT2D eigenvalue weighted by atomic mass is 9.78. The van der Waals surface area contributed by atoms with E-state index in [4.69, 9.17) is 0 Å². The van der Waals surface area contributed by atoms with Gasteiger partial charge >= 0.3 is 0 Å². The Morgan fingerprint density at radius 2 is 2.27 bits per heavy atom. The molecule has 2 N–H and O–H groups in total. The normalized spacial score (nSPS) is 32.1. The van der Waals surface area contributed by atoms with Crippen molar-refractivity contribution in [2.75, 3.05) is 19.7 Å². The number of halogens is 1. The monoisotopic (exact) mass is 211 g/mol. The van der Waals surface area contributed by atoms with Crippen LogP contribution in [-0.2, 0) is 0 Å². The van der Waals surface area contributed by atoms with Gasteiger partial charge < -0.3 is 10.4 Å².